The third-order valence-corrected chi connectivity index (χ3v) is 3.37. The van der Waals surface area contributed by atoms with Crippen LogP contribution in [0.25, 0.3) is 0 Å². The van der Waals surface area contributed by atoms with Gasteiger partial charge in [0.15, 0.2) is 0 Å². The Bertz CT molecular complexity index is 499. The van der Waals surface area contributed by atoms with Crippen molar-refractivity contribution in [2.45, 2.75) is 17.0 Å². The molecular formula is C11H10BrN3S. The van der Waals surface area contributed by atoms with Crippen molar-refractivity contribution < 1.29 is 0 Å². The third kappa shape index (κ3) is 2.74. The van der Waals surface area contributed by atoms with Crippen LogP contribution in [0.1, 0.15) is 5.69 Å². The second-order valence-electron chi connectivity index (χ2n) is 3.26. The Morgan fingerprint density at radius 2 is 2.06 bits per heavy atom. The number of pyridine rings is 2. The fraction of sp³-hybridized carbons (Fsp3) is 0.0909. The maximum absolute atomic E-state index is 5.85. The summed E-state index contributed by atoms with van der Waals surface area (Å²) in [5.41, 5.74) is 7.48. The molecule has 2 rings (SSSR count). The lowest BCUT2D eigenvalue weighted by atomic mass is 10.3. The first-order valence-corrected chi connectivity index (χ1v) is 6.28. The smallest absolute Gasteiger partial charge is 0.125 e. The molecule has 0 fully saturated rings. The number of nitrogens with zero attached hydrogens (tertiary/aromatic N) is 2. The zero-order chi connectivity index (χ0) is 11.5. The van der Waals surface area contributed by atoms with Crippen LogP contribution in [0.4, 0.5) is 5.69 Å². The topological polar surface area (TPSA) is 51.8 Å². The first-order valence-electron chi connectivity index (χ1n) is 4.67. The molecule has 0 saturated heterocycles. The van der Waals surface area contributed by atoms with Gasteiger partial charge in [-0.2, -0.15) is 0 Å². The molecule has 0 bridgehead atoms. The summed E-state index contributed by atoms with van der Waals surface area (Å²) >= 11 is 4.81. The Hall–Kier alpha value is -1.07. The van der Waals surface area contributed by atoms with E-state index >= 15 is 0 Å². The summed E-state index contributed by atoms with van der Waals surface area (Å²) in [4.78, 5) is 8.64. The predicted octanol–water partition coefficient (Wildman–Crippen LogP) is 3.28. The van der Waals surface area contributed by atoms with E-state index in [0.29, 0.717) is 5.69 Å². The van der Waals surface area contributed by atoms with E-state index in [0.717, 1.165) is 20.2 Å². The second-order valence-corrected chi connectivity index (χ2v) is 5.19. The van der Waals surface area contributed by atoms with Crippen LogP contribution < -0.4 is 5.73 Å². The Kier molecular flexibility index (Phi) is 3.46. The van der Waals surface area contributed by atoms with E-state index in [2.05, 4.69) is 25.9 Å². The molecule has 0 aliphatic rings. The van der Waals surface area contributed by atoms with Gasteiger partial charge in [0.25, 0.3) is 0 Å². The molecule has 2 aromatic rings. The van der Waals surface area contributed by atoms with Crippen LogP contribution in [0.5, 0.6) is 0 Å². The number of rotatable bonds is 2. The number of aryl methyl sites for hydroxylation is 1. The van der Waals surface area contributed by atoms with Gasteiger partial charge in [0.1, 0.15) is 10.1 Å². The first-order chi connectivity index (χ1) is 7.65. The molecule has 0 aliphatic heterocycles. The Labute approximate surface area is 107 Å². The lowest BCUT2D eigenvalue weighted by molar-refractivity contribution is 1.05. The van der Waals surface area contributed by atoms with Gasteiger partial charge in [-0.1, -0.05) is 0 Å². The van der Waals surface area contributed by atoms with E-state index in [4.69, 9.17) is 5.73 Å². The van der Waals surface area contributed by atoms with Crippen LogP contribution in [0, 0.1) is 6.92 Å². The molecule has 0 atom stereocenters. The van der Waals surface area contributed by atoms with Gasteiger partial charge in [-0.25, -0.2) is 9.97 Å². The lowest BCUT2D eigenvalue weighted by Crippen LogP contribution is -1.93. The summed E-state index contributed by atoms with van der Waals surface area (Å²) in [5.74, 6) is 0. The SMILES string of the molecule is Cc1ccc(N)c(Sc2ccc(Br)cn2)n1. The van der Waals surface area contributed by atoms with Crippen LogP contribution in [-0.2, 0) is 0 Å². The van der Waals surface area contributed by atoms with Gasteiger partial charge in [0, 0.05) is 16.4 Å². The van der Waals surface area contributed by atoms with E-state index < -0.39 is 0 Å². The molecule has 0 unspecified atom stereocenters. The molecular weight excluding hydrogens is 286 g/mol. The minimum atomic E-state index is 0.681. The van der Waals surface area contributed by atoms with Crippen molar-refractivity contribution in [1.29, 1.82) is 0 Å². The molecule has 0 aromatic carbocycles. The van der Waals surface area contributed by atoms with Crippen molar-refractivity contribution in [3.63, 3.8) is 0 Å². The van der Waals surface area contributed by atoms with Crippen molar-refractivity contribution in [2.24, 2.45) is 0 Å². The number of hydrogen-bond donors (Lipinski definition) is 1. The maximum atomic E-state index is 5.85. The molecule has 82 valence electrons. The minimum Gasteiger partial charge on any atom is -0.397 e. The fourth-order valence-corrected chi connectivity index (χ4v) is 2.20. The molecule has 0 saturated carbocycles. The van der Waals surface area contributed by atoms with Gasteiger partial charge in [-0.15, -0.1) is 0 Å². The van der Waals surface area contributed by atoms with E-state index in [-0.39, 0.29) is 0 Å². The van der Waals surface area contributed by atoms with Gasteiger partial charge in [-0.05, 0) is 58.9 Å². The highest BCUT2D eigenvalue weighted by molar-refractivity contribution is 9.10. The molecule has 0 spiro atoms. The average Bonchev–Trinajstić information content (AvgIpc) is 2.27. The summed E-state index contributed by atoms with van der Waals surface area (Å²) in [6, 6.07) is 7.64. The van der Waals surface area contributed by atoms with Gasteiger partial charge >= 0.3 is 0 Å². The molecule has 0 aliphatic carbocycles. The second kappa shape index (κ2) is 4.84. The monoisotopic (exact) mass is 295 g/mol. The van der Waals surface area contributed by atoms with Crippen molar-refractivity contribution in [3.05, 3.63) is 40.6 Å². The van der Waals surface area contributed by atoms with Crippen LogP contribution in [0.15, 0.2) is 45.0 Å². The quantitative estimate of drug-likeness (QED) is 0.924. The van der Waals surface area contributed by atoms with E-state index in [1.54, 1.807) is 6.20 Å². The van der Waals surface area contributed by atoms with Crippen LogP contribution in [0.2, 0.25) is 0 Å². The maximum Gasteiger partial charge on any atom is 0.125 e. The van der Waals surface area contributed by atoms with Gasteiger partial charge in [-0.3, -0.25) is 0 Å². The fourth-order valence-electron chi connectivity index (χ4n) is 1.15. The Morgan fingerprint density at radius 1 is 1.25 bits per heavy atom. The number of anilines is 1. The number of nitrogen functional groups attached to an aromatic ring is 1. The van der Waals surface area contributed by atoms with Crippen molar-refractivity contribution in [1.82, 2.24) is 9.97 Å². The molecule has 2 heterocycles. The predicted molar refractivity (Wildman–Crippen MR) is 69.4 cm³/mol. The molecule has 3 nitrogen and oxygen atoms in total. The summed E-state index contributed by atoms with van der Waals surface area (Å²) < 4.78 is 0.960. The normalized spacial score (nSPS) is 10.4. The molecule has 16 heavy (non-hydrogen) atoms. The number of halogens is 1. The summed E-state index contributed by atoms with van der Waals surface area (Å²) in [6.07, 6.45) is 1.76. The van der Waals surface area contributed by atoms with Crippen molar-refractivity contribution in [2.75, 3.05) is 5.73 Å². The van der Waals surface area contributed by atoms with E-state index in [9.17, 15) is 0 Å². The highest BCUT2D eigenvalue weighted by atomic mass is 79.9. The van der Waals surface area contributed by atoms with Gasteiger partial charge in [0.2, 0.25) is 0 Å². The summed E-state index contributed by atoms with van der Waals surface area (Å²) in [5, 5.41) is 1.68. The standard InChI is InChI=1S/C11H10BrN3S/c1-7-2-4-9(13)11(15-7)16-10-5-3-8(12)6-14-10/h2-6H,13H2,1H3. The zero-order valence-electron chi connectivity index (χ0n) is 8.64. The van der Waals surface area contributed by atoms with Gasteiger partial charge in [0.05, 0.1) is 5.69 Å². The Morgan fingerprint density at radius 3 is 2.75 bits per heavy atom. The first kappa shape index (κ1) is 11.4. The lowest BCUT2D eigenvalue weighted by Gasteiger charge is -2.04. The molecule has 5 heteroatoms. The van der Waals surface area contributed by atoms with Gasteiger partial charge < -0.3 is 5.73 Å². The molecule has 2 aromatic heterocycles. The van der Waals surface area contributed by atoms with Crippen LogP contribution in [-0.4, -0.2) is 9.97 Å². The molecule has 0 radical (unpaired) electrons. The average molecular weight is 296 g/mol. The summed E-state index contributed by atoms with van der Waals surface area (Å²) in [6.45, 7) is 1.94. The largest absolute Gasteiger partial charge is 0.397 e. The van der Waals surface area contributed by atoms with Crippen LogP contribution in [0.3, 0.4) is 0 Å². The highest BCUT2D eigenvalue weighted by Crippen LogP contribution is 2.29. The van der Waals surface area contributed by atoms with Crippen molar-refractivity contribution >= 4 is 33.4 Å². The molecule has 0 amide bonds. The number of aromatic nitrogens is 2. The number of hydrogen-bond acceptors (Lipinski definition) is 4. The van der Waals surface area contributed by atoms with Crippen molar-refractivity contribution in [3.8, 4) is 0 Å². The third-order valence-electron chi connectivity index (χ3n) is 1.93. The van der Waals surface area contributed by atoms with E-state index in [1.807, 2.05) is 31.2 Å². The van der Waals surface area contributed by atoms with Crippen LogP contribution >= 0.6 is 27.7 Å². The molecule has 2 N–H and O–H groups in total. The minimum absolute atomic E-state index is 0.681. The Balaban J connectivity index is 2.26. The summed E-state index contributed by atoms with van der Waals surface area (Å²) in [7, 11) is 0. The number of nitrogens with two attached hydrogens (primary N) is 1. The zero-order valence-corrected chi connectivity index (χ0v) is 11.0. The highest BCUT2D eigenvalue weighted by Gasteiger charge is 2.04. The van der Waals surface area contributed by atoms with E-state index in [1.165, 1.54) is 11.8 Å².